The van der Waals surface area contributed by atoms with Crippen LogP contribution in [-0.4, -0.2) is 81.8 Å². The molecule has 0 fully saturated rings. The molecule has 13 nitrogen and oxygen atoms in total. The SMILES string of the molecule is CC(C)CC(NC(=O)C(N)CCCCN)C(=O)NC(CCC(=O)O)C(=O)NC(C(=O)O)C(C)O. The molecule has 0 radical (unpaired) electrons. The minimum atomic E-state index is -1.66. The number of amides is 3. The van der Waals surface area contributed by atoms with E-state index in [4.69, 9.17) is 21.7 Å². The summed E-state index contributed by atoms with van der Waals surface area (Å²) in [5.74, 6) is -5.03. The van der Waals surface area contributed by atoms with Gasteiger partial charge >= 0.3 is 11.9 Å². The maximum absolute atomic E-state index is 12.9. The van der Waals surface area contributed by atoms with Crippen LogP contribution in [0.5, 0.6) is 0 Å². The Morgan fingerprint density at radius 1 is 0.824 bits per heavy atom. The second kappa shape index (κ2) is 16.0. The van der Waals surface area contributed by atoms with Crippen LogP contribution in [0.15, 0.2) is 0 Å². The predicted molar refractivity (Wildman–Crippen MR) is 122 cm³/mol. The van der Waals surface area contributed by atoms with Crippen LogP contribution in [-0.2, 0) is 24.0 Å². The quantitative estimate of drug-likeness (QED) is 0.107. The monoisotopic (exact) mass is 489 g/mol. The van der Waals surface area contributed by atoms with Crippen molar-refractivity contribution < 1.29 is 39.3 Å². The molecule has 196 valence electrons. The maximum atomic E-state index is 12.9. The lowest BCUT2D eigenvalue weighted by molar-refractivity contribution is -0.145. The van der Waals surface area contributed by atoms with Gasteiger partial charge in [-0.05, 0) is 45.1 Å². The first kappa shape index (κ1) is 31.2. The van der Waals surface area contributed by atoms with Gasteiger partial charge in [-0.15, -0.1) is 0 Å². The Bertz CT molecular complexity index is 701. The molecule has 5 atom stereocenters. The van der Waals surface area contributed by atoms with Gasteiger partial charge in [0.25, 0.3) is 0 Å². The third-order valence-corrected chi connectivity index (χ3v) is 4.97. The zero-order chi connectivity index (χ0) is 26.4. The molecule has 0 aromatic carbocycles. The van der Waals surface area contributed by atoms with Crippen LogP contribution in [0.4, 0.5) is 0 Å². The molecule has 5 unspecified atom stereocenters. The average molecular weight is 490 g/mol. The molecule has 34 heavy (non-hydrogen) atoms. The van der Waals surface area contributed by atoms with Gasteiger partial charge < -0.3 is 42.7 Å². The summed E-state index contributed by atoms with van der Waals surface area (Å²) >= 11 is 0. The van der Waals surface area contributed by atoms with E-state index in [1.807, 2.05) is 13.8 Å². The topological polar surface area (TPSA) is 234 Å². The van der Waals surface area contributed by atoms with E-state index in [2.05, 4.69) is 16.0 Å². The Kier molecular flexibility index (Phi) is 14.7. The average Bonchev–Trinajstić information content (AvgIpc) is 2.72. The summed E-state index contributed by atoms with van der Waals surface area (Å²) in [5, 5.41) is 34.8. The number of nitrogens with two attached hydrogens (primary N) is 2. The normalized spacial score (nSPS) is 15.5. The van der Waals surface area contributed by atoms with E-state index in [9.17, 15) is 29.1 Å². The van der Waals surface area contributed by atoms with Gasteiger partial charge in [0.15, 0.2) is 6.04 Å². The van der Waals surface area contributed by atoms with Gasteiger partial charge in [-0.3, -0.25) is 19.2 Å². The van der Waals surface area contributed by atoms with E-state index in [1.165, 1.54) is 0 Å². The summed E-state index contributed by atoms with van der Waals surface area (Å²) in [5.41, 5.74) is 11.3. The van der Waals surface area contributed by atoms with E-state index in [-0.39, 0.29) is 18.8 Å². The number of unbranched alkanes of at least 4 members (excludes halogenated alkanes) is 1. The van der Waals surface area contributed by atoms with Crippen LogP contribution in [0, 0.1) is 5.92 Å². The lowest BCUT2D eigenvalue weighted by atomic mass is 10.0. The van der Waals surface area contributed by atoms with Crippen molar-refractivity contribution >= 4 is 29.7 Å². The second-order valence-electron chi connectivity index (χ2n) is 8.64. The number of carboxylic acid groups (broad SMARTS) is 2. The highest BCUT2D eigenvalue weighted by molar-refractivity contribution is 5.94. The highest BCUT2D eigenvalue weighted by Crippen LogP contribution is 2.09. The fourth-order valence-electron chi connectivity index (χ4n) is 3.07. The fourth-order valence-corrected chi connectivity index (χ4v) is 3.07. The largest absolute Gasteiger partial charge is 0.481 e. The zero-order valence-electron chi connectivity index (χ0n) is 20.0. The lowest BCUT2D eigenvalue weighted by Gasteiger charge is -2.26. The molecule has 3 amide bonds. The molecule has 0 aliphatic carbocycles. The van der Waals surface area contributed by atoms with Crippen molar-refractivity contribution in [2.75, 3.05) is 6.54 Å². The highest BCUT2D eigenvalue weighted by atomic mass is 16.4. The molecule has 0 aromatic heterocycles. The van der Waals surface area contributed by atoms with Crippen LogP contribution >= 0.6 is 0 Å². The smallest absolute Gasteiger partial charge is 0.328 e. The van der Waals surface area contributed by atoms with Gasteiger partial charge in [0.1, 0.15) is 12.1 Å². The van der Waals surface area contributed by atoms with E-state index in [1.54, 1.807) is 0 Å². The number of aliphatic hydroxyl groups excluding tert-OH is 1. The molecular formula is C21H39N5O8. The third kappa shape index (κ3) is 12.5. The molecule has 0 aliphatic rings. The van der Waals surface area contributed by atoms with Crippen molar-refractivity contribution in [2.24, 2.45) is 17.4 Å². The number of aliphatic hydroxyl groups is 1. The van der Waals surface area contributed by atoms with E-state index < -0.39 is 66.4 Å². The number of hydrogen-bond donors (Lipinski definition) is 8. The summed E-state index contributed by atoms with van der Waals surface area (Å²) in [6.45, 7) is 5.27. The van der Waals surface area contributed by atoms with Crippen LogP contribution in [0.1, 0.15) is 59.3 Å². The number of carboxylic acids is 2. The molecule has 10 N–H and O–H groups in total. The Morgan fingerprint density at radius 2 is 1.38 bits per heavy atom. The molecule has 0 bridgehead atoms. The van der Waals surface area contributed by atoms with Crippen LogP contribution in [0.25, 0.3) is 0 Å². The van der Waals surface area contributed by atoms with Crippen molar-refractivity contribution in [2.45, 2.75) is 89.6 Å². The Hall–Kier alpha value is -2.77. The minimum Gasteiger partial charge on any atom is -0.481 e. The minimum absolute atomic E-state index is 0.0255. The van der Waals surface area contributed by atoms with Gasteiger partial charge in [-0.25, -0.2) is 4.79 Å². The van der Waals surface area contributed by atoms with E-state index >= 15 is 0 Å². The first-order valence-corrected chi connectivity index (χ1v) is 11.3. The summed E-state index contributed by atoms with van der Waals surface area (Å²) in [6.07, 6.45) is -0.341. The van der Waals surface area contributed by atoms with Gasteiger partial charge in [-0.2, -0.15) is 0 Å². The summed E-state index contributed by atoms with van der Waals surface area (Å²) < 4.78 is 0. The van der Waals surface area contributed by atoms with E-state index in [0.717, 1.165) is 6.92 Å². The first-order chi connectivity index (χ1) is 15.8. The fraction of sp³-hybridized carbons (Fsp3) is 0.762. The van der Waals surface area contributed by atoms with E-state index in [0.29, 0.717) is 25.8 Å². The van der Waals surface area contributed by atoms with Crippen LogP contribution in [0.2, 0.25) is 0 Å². The van der Waals surface area contributed by atoms with Crippen molar-refractivity contribution in [3.05, 3.63) is 0 Å². The number of nitrogens with one attached hydrogen (secondary N) is 3. The third-order valence-electron chi connectivity index (χ3n) is 4.97. The zero-order valence-corrected chi connectivity index (χ0v) is 20.0. The van der Waals surface area contributed by atoms with Crippen LogP contribution < -0.4 is 27.4 Å². The molecule has 0 rings (SSSR count). The van der Waals surface area contributed by atoms with Crippen LogP contribution in [0.3, 0.4) is 0 Å². The molecule has 0 aliphatic heterocycles. The molecular weight excluding hydrogens is 450 g/mol. The first-order valence-electron chi connectivity index (χ1n) is 11.3. The van der Waals surface area contributed by atoms with Gasteiger partial charge in [0.2, 0.25) is 17.7 Å². The number of carbonyl (C=O) groups is 5. The van der Waals surface area contributed by atoms with Crippen molar-refractivity contribution in [1.29, 1.82) is 0 Å². The molecule has 0 saturated carbocycles. The van der Waals surface area contributed by atoms with Crippen molar-refractivity contribution in [1.82, 2.24) is 16.0 Å². The van der Waals surface area contributed by atoms with Crippen molar-refractivity contribution in [3.63, 3.8) is 0 Å². The summed E-state index contributed by atoms with van der Waals surface area (Å²) in [6, 6.07) is -4.98. The van der Waals surface area contributed by atoms with Gasteiger partial charge in [-0.1, -0.05) is 20.3 Å². The molecule has 0 saturated heterocycles. The number of carbonyl (C=O) groups excluding carboxylic acids is 3. The van der Waals surface area contributed by atoms with Gasteiger partial charge in [0, 0.05) is 6.42 Å². The van der Waals surface area contributed by atoms with Gasteiger partial charge in [0.05, 0.1) is 12.1 Å². The standard InChI is InChI=1S/C21H39N5O8/c1-11(2)10-15(25-18(30)13(23)6-4-5-9-22)20(32)24-14(7-8-16(28)29)19(31)26-17(12(3)27)21(33)34/h11-15,17,27H,4-10,22-23H2,1-3H3,(H,24,32)(H,25,30)(H,26,31)(H,28,29)(H,33,34). The molecule has 0 heterocycles. The lowest BCUT2D eigenvalue weighted by Crippen LogP contribution is -2.58. The Labute approximate surface area is 199 Å². The number of rotatable bonds is 17. The summed E-state index contributed by atoms with van der Waals surface area (Å²) in [4.78, 5) is 60.3. The Balaban J connectivity index is 5.48. The van der Waals surface area contributed by atoms with Crippen molar-refractivity contribution in [3.8, 4) is 0 Å². The maximum Gasteiger partial charge on any atom is 0.328 e. The molecule has 13 heteroatoms. The molecule has 0 aromatic rings. The second-order valence-corrected chi connectivity index (χ2v) is 8.64. The summed E-state index contributed by atoms with van der Waals surface area (Å²) in [7, 11) is 0. The number of hydrogen-bond acceptors (Lipinski definition) is 8. The highest BCUT2D eigenvalue weighted by Gasteiger charge is 2.32. The number of aliphatic carboxylic acids is 2. The predicted octanol–water partition coefficient (Wildman–Crippen LogP) is -1.73. The molecule has 0 spiro atoms. The Morgan fingerprint density at radius 3 is 1.85 bits per heavy atom.